The van der Waals surface area contributed by atoms with Crippen LogP contribution in [0.2, 0.25) is 0 Å². The second kappa shape index (κ2) is 12.5. The molecule has 0 unspecified atom stereocenters. The molecule has 10 nitrogen and oxygen atoms in total. The summed E-state index contributed by atoms with van der Waals surface area (Å²) in [5.74, 6) is 0.413. The maximum Gasteiger partial charge on any atom is 0.231 e. The number of likely N-dealkylation sites (tertiary alicyclic amines) is 1. The fraction of sp³-hybridized carbons (Fsp3) is 0.412. The Bertz CT molecular complexity index is 1660. The summed E-state index contributed by atoms with van der Waals surface area (Å²) in [4.78, 5) is 45.8. The third-order valence-electron chi connectivity index (χ3n) is 8.64. The summed E-state index contributed by atoms with van der Waals surface area (Å²) >= 11 is 0. The van der Waals surface area contributed by atoms with E-state index < -0.39 is 11.2 Å². The smallest absolute Gasteiger partial charge is 0.231 e. The Morgan fingerprint density at radius 1 is 0.911 bits per heavy atom. The average Bonchev–Trinajstić information content (AvgIpc) is 3.46. The van der Waals surface area contributed by atoms with Crippen LogP contribution in [0.4, 0.5) is 27.5 Å². The van der Waals surface area contributed by atoms with Crippen LogP contribution in [-0.4, -0.2) is 88.8 Å². The highest BCUT2D eigenvalue weighted by atomic mass is 19.1. The SMILES string of the molecule is CN1CCN(c2ccc(Nc3nc(NC4CCN(C(=O)C(C)(C)C)CC4)c4c(C(=O)c5ccc(F)cc5)c[nH]c4n3)cc2)CC1. The van der Waals surface area contributed by atoms with Crippen molar-refractivity contribution in [3.63, 3.8) is 0 Å². The Labute approximate surface area is 263 Å². The highest BCUT2D eigenvalue weighted by molar-refractivity contribution is 6.18. The summed E-state index contributed by atoms with van der Waals surface area (Å²) in [6.45, 7) is 11.2. The molecule has 3 N–H and O–H groups in total. The molecule has 236 valence electrons. The molecule has 1 amide bonds. The standard InChI is InChI=1S/C34H41FN8O2/c1-34(2,3)32(45)43-15-13-25(14-16-43)37-31-28-27(29(44)22-5-7-23(35)8-6-22)21-36-30(28)39-33(40-31)38-24-9-11-26(12-10-24)42-19-17-41(4)18-20-42/h5-12,21,25H,13-20H2,1-4H3,(H3,36,37,38,39,40). The van der Waals surface area contributed by atoms with Crippen LogP contribution in [0.5, 0.6) is 0 Å². The molecule has 2 aromatic carbocycles. The third kappa shape index (κ3) is 6.78. The van der Waals surface area contributed by atoms with Crippen molar-refractivity contribution in [3.8, 4) is 0 Å². The fourth-order valence-corrected chi connectivity index (χ4v) is 5.97. The zero-order chi connectivity index (χ0) is 31.7. The highest BCUT2D eigenvalue weighted by Crippen LogP contribution is 2.31. The van der Waals surface area contributed by atoms with Crippen molar-refractivity contribution in [1.29, 1.82) is 0 Å². The molecular formula is C34H41FN8O2. The number of carbonyl (C=O) groups is 2. The number of nitrogens with one attached hydrogen (secondary N) is 3. The number of rotatable bonds is 7. The molecule has 2 aliphatic heterocycles. The molecular weight excluding hydrogens is 571 g/mol. The van der Waals surface area contributed by atoms with Crippen LogP contribution < -0.4 is 15.5 Å². The third-order valence-corrected chi connectivity index (χ3v) is 8.64. The Morgan fingerprint density at radius 2 is 1.58 bits per heavy atom. The predicted octanol–water partition coefficient (Wildman–Crippen LogP) is 5.27. The summed E-state index contributed by atoms with van der Waals surface area (Å²) in [7, 11) is 2.15. The molecule has 6 rings (SSSR count). The molecule has 0 atom stereocenters. The molecule has 45 heavy (non-hydrogen) atoms. The molecule has 4 aromatic rings. The van der Waals surface area contributed by atoms with E-state index in [1.807, 2.05) is 37.8 Å². The van der Waals surface area contributed by atoms with Gasteiger partial charge in [0.25, 0.3) is 0 Å². The minimum absolute atomic E-state index is 0.0477. The van der Waals surface area contributed by atoms with E-state index in [0.29, 0.717) is 47.0 Å². The van der Waals surface area contributed by atoms with Crippen LogP contribution in [0.1, 0.15) is 49.5 Å². The topological polar surface area (TPSA) is 109 Å². The number of piperidine rings is 1. The number of carbonyl (C=O) groups excluding carboxylic acids is 2. The molecule has 2 aliphatic rings. The van der Waals surface area contributed by atoms with Crippen LogP contribution in [0.15, 0.2) is 54.7 Å². The maximum atomic E-state index is 13.6. The molecule has 0 bridgehead atoms. The molecule has 0 radical (unpaired) electrons. The van der Waals surface area contributed by atoms with E-state index in [0.717, 1.165) is 44.7 Å². The van der Waals surface area contributed by atoms with Gasteiger partial charge in [0.05, 0.1) is 10.9 Å². The summed E-state index contributed by atoms with van der Waals surface area (Å²) in [5, 5.41) is 7.49. The predicted molar refractivity (Wildman–Crippen MR) is 176 cm³/mol. The molecule has 0 aliphatic carbocycles. The number of piperazine rings is 1. The fourth-order valence-electron chi connectivity index (χ4n) is 5.97. The van der Waals surface area contributed by atoms with Crippen molar-refractivity contribution >= 4 is 45.9 Å². The van der Waals surface area contributed by atoms with Crippen molar-refractivity contribution in [2.24, 2.45) is 5.41 Å². The van der Waals surface area contributed by atoms with E-state index in [-0.39, 0.29) is 17.7 Å². The largest absolute Gasteiger partial charge is 0.369 e. The van der Waals surface area contributed by atoms with Gasteiger partial charge in [-0.1, -0.05) is 20.8 Å². The summed E-state index contributed by atoms with van der Waals surface area (Å²) < 4.78 is 13.6. The number of amides is 1. The average molecular weight is 613 g/mol. The van der Waals surface area contributed by atoms with Crippen molar-refractivity contribution < 1.29 is 14.0 Å². The maximum absolute atomic E-state index is 13.6. The lowest BCUT2D eigenvalue weighted by atomic mass is 9.93. The molecule has 2 aromatic heterocycles. The Hall–Kier alpha value is -4.51. The number of benzene rings is 2. The Kier molecular flexibility index (Phi) is 8.46. The lowest BCUT2D eigenvalue weighted by molar-refractivity contribution is -0.140. The molecule has 2 saturated heterocycles. The van der Waals surface area contributed by atoms with Gasteiger partial charge in [-0.25, -0.2) is 4.39 Å². The first kappa shape index (κ1) is 30.5. The minimum atomic E-state index is -0.427. The van der Waals surface area contributed by atoms with Crippen LogP contribution in [0.25, 0.3) is 11.0 Å². The van der Waals surface area contributed by atoms with E-state index in [4.69, 9.17) is 9.97 Å². The van der Waals surface area contributed by atoms with Gasteiger partial charge in [-0.3, -0.25) is 9.59 Å². The van der Waals surface area contributed by atoms with E-state index in [9.17, 15) is 14.0 Å². The number of hydrogen-bond acceptors (Lipinski definition) is 8. The zero-order valence-electron chi connectivity index (χ0n) is 26.4. The van der Waals surface area contributed by atoms with E-state index in [1.54, 1.807) is 6.20 Å². The highest BCUT2D eigenvalue weighted by Gasteiger charge is 2.31. The van der Waals surface area contributed by atoms with Gasteiger partial charge in [0.1, 0.15) is 17.3 Å². The van der Waals surface area contributed by atoms with E-state index in [1.165, 1.54) is 30.0 Å². The van der Waals surface area contributed by atoms with E-state index >= 15 is 0 Å². The summed E-state index contributed by atoms with van der Waals surface area (Å²) in [6, 6.07) is 13.8. The number of aromatic amines is 1. The first-order chi connectivity index (χ1) is 21.5. The van der Waals surface area contributed by atoms with Gasteiger partial charge < -0.3 is 30.3 Å². The number of hydrogen-bond donors (Lipinski definition) is 3. The monoisotopic (exact) mass is 612 g/mol. The van der Waals surface area contributed by atoms with Crippen molar-refractivity contribution in [3.05, 3.63) is 71.7 Å². The first-order valence-electron chi connectivity index (χ1n) is 15.6. The lowest BCUT2D eigenvalue weighted by Crippen LogP contribution is -2.46. The minimum Gasteiger partial charge on any atom is -0.369 e. The summed E-state index contributed by atoms with van der Waals surface area (Å²) in [5.41, 5.74) is 2.89. The number of fused-ring (bicyclic) bond motifs is 1. The normalized spacial score (nSPS) is 16.6. The van der Waals surface area contributed by atoms with Crippen molar-refractivity contribution in [2.45, 2.75) is 39.7 Å². The quantitative estimate of drug-likeness (QED) is 0.242. The number of likely N-dealkylation sites (N-methyl/N-ethyl adjacent to an activating group) is 1. The van der Waals surface area contributed by atoms with E-state index in [2.05, 4.69) is 44.6 Å². The second-order valence-corrected chi connectivity index (χ2v) is 13.1. The molecule has 2 fully saturated rings. The van der Waals surface area contributed by atoms with Crippen molar-refractivity contribution in [2.75, 3.05) is 61.8 Å². The van der Waals surface area contributed by atoms with Gasteiger partial charge in [0, 0.05) is 73.9 Å². The van der Waals surface area contributed by atoms with Gasteiger partial charge in [-0.05, 0) is 68.4 Å². The number of nitrogens with zero attached hydrogens (tertiary/aromatic N) is 5. The lowest BCUT2D eigenvalue weighted by Gasteiger charge is -2.36. The second-order valence-electron chi connectivity index (χ2n) is 13.1. The van der Waals surface area contributed by atoms with Crippen molar-refractivity contribution in [1.82, 2.24) is 24.8 Å². The number of H-pyrrole nitrogens is 1. The number of ketones is 1. The van der Waals surface area contributed by atoms with Crippen LogP contribution in [0, 0.1) is 11.2 Å². The van der Waals surface area contributed by atoms with Crippen LogP contribution in [-0.2, 0) is 4.79 Å². The molecule has 0 saturated carbocycles. The summed E-state index contributed by atoms with van der Waals surface area (Å²) in [6.07, 6.45) is 3.13. The Morgan fingerprint density at radius 3 is 2.22 bits per heavy atom. The number of halogens is 1. The Balaban J connectivity index is 1.27. The van der Waals surface area contributed by atoms with Gasteiger partial charge in [0.15, 0.2) is 5.78 Å². The first-order valence-corrected chi connectivity index (χ1v) is 15.6. The van der Waals surface area contributed by atoms with Crippen LogP contribution >= 0.6 is 0 Å². The molecule has 4 heterocycles. The number of anilines is 4. The van der Waals surface area contributed by atoms with Gasteiger partial charge in [-0.2, -0.15) is 9.97 Å². The molecule has 11 heteroatoms. The van der Waals surface area contributed by atoms with Crippen LogP contribution in [0.3, 0.4) is 0 Å². The van der Waals surface area contributed by atoms with Gasteiger partial charge in [0.2, 0.25) is 11.9 Å². The van der Waals surface area contributed by atoms with Gasteiger partial charge >= 0.3 is 0 Å². The van der Waals surface area contributed by atoms with Gasteiger partial charge in [-0.15, -0.1) is 0 Å². The number of aromatic nitrogens is 3. The zero-order valence-corrected chi connectivity index (χ0v) is 26.4. The molecule has 0 spiro atoms.